The van der Waals surface area contributed by atoms with Crippen LogP contribution in [0.4, 0.5) is 0 Å². The summed E-state index contributed by atoms with van der Waals surface area (Å²) in [5, 5.41) is 7.57. The van der Waals surface area contributed by atoms with Crippen LogP contribution in [0.25, 0.3) is 0 Å². The summed E-state index contributed by atoms with van der Waals surface area (Å²) in [7, 11) is 0. The maximum atomic E-state index is 7.57. The fourth-order valence-electron chi connectivity index (χ4n) is 3.21. The van der Waals surface area contributed by atoms with E-state index in [4.69, 9.17) is 5.11 Å². The summed E-state index contributed by atoms with van der Waals surface area (Å²) in [5.74, 6) is 2.28. The van der Waals surface area contributed by atoms with Gasteiger partial charge in [0.1, 0.15) is 0 Å². The van der Waals surface area contributed by atoms with Gasteiger partial charge in [0.2, 0.25) is 0 Å². The maximum Gasteiger partial charge on any atom is 0.0402 e. The van der Waals surface area contributed by atoms with E-state index in [1.807, 2.05) is 0 Å². The van der Waals surface area contributed by atoms with Gasteiger partial charge in [0.25, 0.3) is 0 Å². The summed E-state index contributed by atoms with van der Waals surface area (Å²) in [6.07, 6.45) is 15.4. The number of aliphatic hydroxyl groups is 1. The van der Waals surface area contributed by atoms with Crippen LogP contribution in [0, 0.1) is 11.8 Å². The summed E-state index contributed by atoms with van der Waals surface area (Å²) in [5.41, 5.74) is 0. The minimum atomic E-state index is 0.250. The lowest BCUT2D eigenvalue weighted by Crippen LogP contribution is -2.20. The molecule has 0 aromatic rings. The Labute approximate surface area is 95.3 Å². The summed E-state index contributed by atoms with van der Waals surface area (Å²) < 4.78 is 0. The monoisotopic (exact) mass is 212 g/mol. The van der Waals surface area contributed by atoms with Crippen LogP contribution in [-0.4, -0.2) is 11.7 Å². The lowest BCUT2D eigenvalue weighted by Gasteiger charge is -2.32. The molecule has 1 N–H and O–H groups in total. The van der Waals surface area contributed by atoms with Gasteiger partial charge in [0.15, 0.2) is 0 Å². The van der Waals surface area contributed by atoms with Gasteiger partial charge in [-0.2, -0.15) is 0 Å². The summed E-state index contributed by atoms with van der Waals surface area (Å²) in [6, 6.07) is 0. The van der Waals surface area contributed by atoms with Gasteiger partial charge in [-0.05, 0) is 18.8 Å². The molecule has 1 nitrogen and oxygen atoms in total. The van der Waals surface area contributed by atoms with Crippen LogP contribution in [0.1, 0.15) is 71.1 Å². The SMILES string of the molecule is C1CCC(C2CCCCC2)CC1.CCO. The fourth-order valence-corrected chi connectivity index (χ4v) is 3.21. The second-order valence-corrected chi connectivity index (χ2v) is 5.11. The second kappa shape index (κ2) is 8.15. The van der Waals surface area contributed by atoms with Gasteiger partial charge in [0, 0.05) is 6.61 Å². The average Bonchev–Trinajstić information content (AvgIpc) is 2.32. The number of aliphatic hydroxyl groups excluding tert-OH is 1. The molecular weight excluding hydrogens is 184 g/mol. The highest BCUT2D eigenvalue weighted by molar-refractivity contribution is 4.76. The molecule has 2 saturated carbocycles. The van der Waals surface area contributed by atoms with Gasteiger partial charge in [-0.25, -0.2) is 0 Å². The molecule has 2 fully saturated rings. The minimum Gasteiger partial charge on any atom is -0.397 e. The first-order valence-corrected chi connectivity index (χ1v) is 6.99. The highest BCUT2D eigenvalue weighted by atomic mass is 16.2. The molecule has 0 atom stereocenters. The van der Waals surface area contributed by atoms with Crippen LogP contribution in [-0.2, 0) is 0 Å². The van der Waals surface area contributed by atoms with Crippen LogP contribution in [0.2, 0.25) is 0 Å². The minimum absolute atomic E-state index is 0.250. The van der Waals surface area contributed by atoms with E-state index in [2.05, 4.69) is 0 Å². The van der Waals surface area contributed by atoms with Crippen LogP contribution in [0.3, 0.4) is 0 Å². The molecule has 0 aromatic heterocycles. The summed E-state index contributed by atoms with van der Waals surface area (Å²) >= 11 is 0. The van der Waals surface area contributed by atoms with Crippen molar-refractivity contribution in [1.82, 2.24) is 0 Å². The Kier molecular flexibility index (Phi) is 7.08. The molecule has 2 aliphatic carbocycles. The quantitative estimate of drug-likeness (QED) is 0.692. The van der Waals surface area contributed by atoms with Crippen LogP contribution in [0.5, 0.6) is 0 Å². The fraction of sp³-hybridized carbons (Fsp3) is 1.00. The lowest BCUT2D eigenvalue weighted by atomic mass is 9.73. The van der Waals surface area contributed by atoms with Crippen molar-refractivity contribution >= 4 is 0 Å². The topological polar surface area (TPSA) is 20.2 Å². The van der Waals surface area contributed by atoms with Crippen molar-refractivity contribution in [2.24, 2.45) is 11.8 Å². The third kappa shape index (κ3) is 5.01. The first-order valence-electron chi connectivity index (χ1n) is 6.99. The van der Waals surface area contributed by atoms with E-state index >= 15 is 0 Å². The highest BCUT2D eigenvalue weighted by Crippen LogP contribution is 2.37. The second-order valence-electron chi connectivity index (χ2n) is 5.11. The highest BCUT2D eigenvalue weighted by Gasteiger charge is 2.24. The first-order chi connectivity index (χ1) is 7.38. The molecule has 0 radical (unpaired) electrons. The molecule has 0 unspecified atom stereocenters. The standard InChI is InChI=1S/C12H22.C2H6O/c1-3-7-11(8-4-1)12-9-5-2-6-10-12;1-2-3/h11-12H,1-10H2;3H,2H2,1H3. The van der Waals surface area contributed by atoms with E-state index in [-0.39, 0.29) is 6.61 Å². The third-order valence-electron chi connectivity index (χ3n) is 3.97. The molecule has 0 aliphatic heterocycles. The van der Waals surface area contributed by atoms with Crippen LogP contribution < -0.4 is 0 Å². The molecule has 2 rings (SSSR count). The lowest BCUT2D eigenvalue weighted by molar-refractivity contribution is 0.196. The predicted molar refractivity (Wildman–Crippen MR) is 65.9 cm³/mol. The molecule has 90 valence electrons. The van der Waals surface area contributed by atoms with Crippen molar-refractivity contribution in [2.45, 2.75) is 71.1 Å². The van der Waals surface area contributed by atoms with E-state index < -0.39 is 0 Å². The Morgan fingerprint density at radius 2 is 1.00 bits per heavy atom. The molecule has 0 heterocycles. The van der Waals surface area contributed by atoms with E-state index in [0.29, 0.717) is 0 Å². The van der Waals surface area contributed by atoms with E-state index in [1.165, 1.54) is 38.5 Å². The van der Waals surface area contributed by atoms with E-state index in [1.54, 1.807) is 32.6 Å². The molecule has 0 aromatic carbocycles. The smallest absolute Gasteiger partial charge is 0.0402 e. The Morgan fingerprint density at radius 1 is 0.733 bits per heavy atom. The Morgan fingerprint density at radius 3 is 1.27 bits per heavy atom. The van der Waals surface area contributed by atoms with Crippen molar-refractivity contribution in [3.05, 3.63) is 0 Å². The van der Waals surface area contributed by atoms with Gasteiger partial charge in [-0.1, -0.05) is 64.2 Å². The molecule has 0 spiro atoms. The van der Waals surface area contributed by atoms with Gasteiger partial charge in [-0.15, -0.1) is 0 Å². The average molecular weight is 212 g/mol. The van der Waals surface area contributed by atoms with Crippen molar-refractivity contribution in [3.8, 4) is 0 Å². The number of hydrogen-bond donors (Lipinski definition) is 1. The van der Waals surface area contributed by atoms with Gasteiger partial charge in [-0.3, -0.25) is 0 Å². The van der Waals surface area contributed by atoms with E-state index in [9.17, 15) is 0 Å². The van der Waals surface area contributed by atoms with Crippen molar-refractivity contribution in [3.63, 3.8) is 0 Å². The van der Waals surface area contributed by atoms with Gasteiger partial charge < -0.3 is 5.11 Å². The van der Waals surface area contributed by atoms with Gasteiger partial charge >= 0.3 is 0 Å². The largest absolute Gasteiger partial charge is 0.397 e. The molecular formula is C14H28O. The number of rotatable bonds is 1. The van der Waals surface area contributed by atoms with Crippen molar-refractivity contribution in [1.29, 1.82) is 0 Å². The van der Waals surface area contributed by atoms with Crippen LogP contribution >= 0.6 is 0 Å². The zero-order chi connectivity index (χ0) is 10.9. The normalized spacial score (nSPS) is 24.4. The molecule has 2 aliphatic rings. The Bertz CT molecular complexity index is 116. The van der Waals surface area contributed by atoms with Gasteiger partial charge in [0.05, 0.1) is 0 Å². The van der Waals surface area contributed by atoms with Crippen molar-refractivity contribution in [2.75, 3.05) is 6.61 Å². The Balaban J connectivity index is 0.000000337. The summed E-state index contributed by atoms with van der Waals surface area (Å²) in [6.45, 7) is 1.93. The summed E-state index contributed by atoms with van der Waals surface area (Å²) in [4.78, 5) is 0. The van der Waals surface area contributed by atoms with E-state index in [0.717, 1.165) is 11.8 Å². The van der Waals surface area contributed by atoms with Crippen molar-refractivity contribution < 1.29 is 5.11 Å². The molecule has 1 heteroatoms. The zero-order valence-corrected chi connectivity index (χ0v) is 10.4. The number of hydrogen-bond acceptors (Lipinski definition) is 1. The molecule has 15 heavy (non-hydrogen) atoms. The van der Waals surface area contributed by atoms with Crippen LogP contribution in [0.15, 0.2) is 0 Å². The first kappa shape index (κ1) is 13.0. The predicted octanol–water partition coefficient (Wildman–Crippen LogP) is 4.15. The molecule has 0 saturated heterocycles. The third-order valence-corrected chi connectivity index (χ3v) is 3.97. The molecule has 0 amide bonds. The Hall–Kier alpha value is -0.0400. The maximum absolute atomic E-state index is 7.57. The molecule has 0 bridgehead atoms. The zero-order valence-electron chi connectivity index (χ0n) is 10.4.